The quantitative estimate of drug-likeness (QED) is 0.468. The second-order valence-corrected chi connectivity index (χ2v) is 4.75. The topological polar surface area (TPSA) is 25.8 Å². The SMILES string of the molecule is Cl.c1ccc(-c2cccc3nc4ccccc4nc23)cc1. The Hall–Kier alpha value is -2.45. The summed E-state index contributed by atoms with van der Waals surface area (Å²) in [7, 11) is 0. The van der Waals surface area contributed by atoms with Gasteiger partial charge in [0.2, 0.25) is 0 Å². The van der Waals surface area contributed by atoms with E-state index in [0.717, 1.165) is 27.6 Å². The lowest BCUT2D eigenvalue weighted by Gasteiger charge is -2.07. The molecule has 21 heavy (non-hydrogen) atoms. The van der Waals surface area contributed by atoms with E-state index in [1.54, 1.807) is 0 Å². The molecule has 102 valence electrons. The smallest absolute Gasteiger partial charge is 0.0972 e. The number of nitrogens with zero attached hydrogens (tertiary/aromatic N) is 2. The molecular formula is C18H13ClN2. The summed E-state index contributed by atoms with van der Waals surface area (Å²) >= 11 is 0. The van der Waals surface area contributed by atoms with Crippen molar-refractivity contribution in [2.75, 3.05) is 0 Å². The summed E-state index contributed by atoms with van der Waals surface area (Å²) in [5.74, 6) is 0. The lowest BCUT2D eigenvalue weighted by atomic mass is 10.0. The Labute approximate surface area is 128 Å². The molecule has 1 aromatic heterocycles. The molecule has 3 heteroatoms. The van der Waals surface area contributed by atoms with Crippen LogP contribution in [0.2, 0.25) is 0 Å². The number of para-hydroxylation sites is 3. The third kappa shape index (κ3) is 2.34. The summed E-state index contributed by atoms with van der Waals surface area (Å²) in [6, 6.07) is 24.5. The van der Waals surface area contributed by atoms with E-state index in [9.17, 15) is 0 Å². The zero-order valence-corrected chi connectivity index (χ0v) is 12.0. The fourth-order valence-corrected chi connectivity index (χ4v) is 2.49. The van der Waals surface area contributed by atoms with Crippen LogP contribution in [0.15, 0.2) is 72.8 Å². The van der Waals surface area contributed by atoms with Gasteiger partial charge in [0.1, 0.15) is 0 Å². The van der Waals surface area contributed by atoms with Gasteiger partial charge < -0.3 is 0 Å². The molecule has 4 rings (SSSR count). The van der Waals surface area contributed by atoms with Crippen LogP contribution in [0, 0.1) is 0 Å². The van der Waals surface area contributed by atoms with Crippen molar-refractivity contribution in [3.63, 3.8) is 0 Å². The highest BCUT2D eigenvalue weighted by molar-refractivity contribution is 5.95. The van der Waals surface area contributed by atoms with Crippen molar-refractivity contribution in [3.8, 4) is 11.1 Å². The van der Waals surface area contributed by atoms with E-state index in [2.05, 4.69) is 18.2 Å². The zero-order valence-electron chi connectivity index (χ0n) is 11.2. The van der Waals surface area contributed by atoms with Gasteiger partial charge in [0, 0.05) is 5.56 Å². The first-order valence-corrected chi connectivity index (χ1v) is 6.63. The largest absolute Gasteiger partial charge is 0.244 e. The fourth-order valence-electron chi connectivity index (χ4n) is 2.49. The number of fused-ring (bicyclic) bond motifs is 2. The number of aromatic nitrogens is 2. The Balaban J connectivity index is 0.00000132. The molecular weight excluding hydrogens is 280 g/mol. The maximum absolute atomic E-state index is 4.79. The maximum Gasteiger partial charge on any atom is 0.0972 e. The van der Waals surface area contributed by atoms with E-state index in [1.807, 2.05) is 54.6 Å². The van der Waals surface area contributed by atoms with Crippen molar-refractivity contribution in [3.05, 3.63) is 72.8 Å². The maximum atomic E-state index is 4.79. The summed E-state index contributed by atoms with van der Waals surface area (Å²) in [6.45, 7) is 0. The summed E-state index contributed by atoms with van der Waals surface area (Å²) in [5.41, 5.74) is 6.06. The predicted molar refractivity (Wildman–Crippen MR) is 89.7 cm³/mol. The molecule has 0 fully saturated rings. The number of hydrogen-bond donors (Lipinski definition) is 0. The summed E-state index contributed by atoms with van der Waals surface area (Å²) in [5, 5.41) is 0. The molecule has 2 nitrogen and oxygen atoms in total. The predicted octanol–water partition coefficient (Wildman–Crippen LogP) is 4.87. The molecule has 0 radical (unpaired) electrons. The number of benzene rings is 3. The minimum Gasteiger partial charge on any atom is -0.244 e. The molecule has 0 aliphatic rings. The zero-order chi connectivity index (χ0) is 13.4. The van der Waals surface area contributed by atoms with Gasteiger partial charge in [0.25, 0.3) is 0 Å². The highest BCUT2D eigenvalue weighted by atomic mass is 35.5. The van der Waals surface area contributed by atoms with Crippen LogP contribution in [-0.2, 0) is 0 Å². The van der Waals surface area contributed by atoms with Gasteiger partial charge in [-0.05, 0) is 23.8 Å². The van der Waals surface area contributed by atoms with Crippen molar-refractivity contribution in [1.29, 1.82) is 0 Å². The van der Waals surface area contributed by atoms with Crippen LogP contribution >= 0.6 is 12.4 Å². The van der Waals surface area contributed by atoms with Gasteiger partial charge in [-0.2, -0.15) is 0 Å². The molecule has 0 saturated carbocycles. The molecule has 3 aromatic carbocycles. The van der Waals surface area contributed by atoms with Crippen LogP contribution in [0.4, 0.5) is 0 Å². The number of halogens is 1. The number of hydrogen-bond acceptors (Lipinski definition) is 2. The van der Waals surface area contributed by atoms with Crippen molar-refractivity contribution < 1.29 is 0 Å². The Morgan fingerprint density at radius 3 is 1.90 bits per heavy atom. The lowest BCUT2D eigenvalue weighted by molar-refractivity contribution is 1.39. The Kier molecular flexibility index (Phi) is 3.55. The molecule has 0 spiro atoms. The van der Waals surface area contributed by atoms with E-state index < -0.39 is 0 Å². The van der Waals surface area contributed by atoms with Crippen LogP contribution in [0.1, 0.15) is 0 Å². The Bertz CT molecular complexity index is 904. The molecule has 0 aliphatic heterocycles. The molecule has 0 aliphatic carbocycles. The van der Waals surface area contributed by atoms with Gasteiger partial charge in [-0.1, -0.05) is 54.6 Å². The van der Waals surface area contributed by atoms with E-state index in [4.69, 9.17) is 9.97 Å². The lowest BCUT2D eigenvalue weighted by Crippen LogP contribution is -1.89. The second-order valence-electron chi connectivity index (χ2n) is 4.75. The first kappa shape index (κ1) is 13.5. The highest BCUT2D eigenvalue weighted by Gasteiger charge is 2.07. The molecule has 1 heterocycles. The van der Waals surface area contributed by atoms with Gasteiger partial charge in [-0.25, -0.2) is 9.97 Å². The van der Waals surface area contributed by atoms with E-state index in [0.29, 0.717) is 0 Å². The van der Waals surface area contributed by atoms with Crippen molar-refractivity contribution in [2.45, 2.75) is 0 Å². The van der Waals surface area contributed by atoms with Gasteiger partial charge in [-0.15, -0.1) is 12.4 Å². The molecule has 0 saturated heterocycles. The van der Waals surface area contributed by atoms with Gasteiger partial charge in [-0.3, -0.25) is 0 Å². The fraction of sp³-hybridized carbons (Fsp3) is 0. The Morgan fingerprint density at radius 1 is 0.524 bits per heavy atom. The van der Waals surface area contributed by atoms with Gasteiger partial charge in [0.15, 0.2) is 0 Å². The Morgan fingerprint density at radius 2 is 1.14 bits per heavy atom. The van der Waals surface area contributed by atoms with Crippen molar-refractivity contribution in [2.24, 2.45) is 0 Å². The molecule has 0 N–H and O–H groups in total. The second kappa shape index (κ2) is 5.51. The average molecular weight is 293 g/mol. The minimum atomic E-state index is 0. The van der Waals surface area contributed by atoms with Crippen LogP contribution in [-0.4, -0.2) is 9.97 Å². The van der Waals surface area contributed by atoms with Gasteiger partial charge in [0.05, 0.1) is 22.1 Å². The third-order valence-electron chi connectivity index (χ3n) is 3.45. The normalized spacial score (nSPS) is 10.5. The molecule has 0 unspecified atom stereocenters. The summed E-state index contributed by atoms with van der Waals surface area (Å²) < 4.78 is 0. The molecule has 0 atom stereocenters. The van der Waals surface area contributed by atoms with Crippen molar-refractivity contribution >= 4 is 34.5 Å². The molecule has 4 aromatic rings. The van der Waals surface area contributed by atoms with E-state index >= 15 is 0 Å². The first-order chi connectivity index (χ1) is 9.92. The van der Waals surface area contributed by atoms with Crippen LogP contribution in [0.25, 0.3) is 33.2 Å². The standard InChI is InChI=1S/C18H12N2.ClH/c1-2-7-13(8-3-1)14-9-6-12-17-18(14)20-16-11-5-4-10-15(16)19-17;/h1-12H;1H. The molecule has 0 bridgehead atoms. The van der Waals surface area contributed by atoms with Crippen LogP contribution in [0.5, 0.6) is 0 Å². The summed E-state index contributed by atoms with van der Waals surface area (Å²) in [6.07, 6.45) is 0. The number of rotatable bonds is 1. The highest BCUT2D eigenvalue weighted by Crippen LogP contribution is 2.27. The van der Waals surface area contributed by atoms with E-state index in [1.165, 1.54) is 5.56 Å². The van der Waals surface area contributed by atoms with Crippen molar-refractivity contribution in [1.82, 2.24) is 9.97 Å². The minimum absolute atomic E-state index is 0. The van der Waals surface area contributed by atoms with E-state index in [-0.39, 0.29) is 12.4 Å². The van der Waals surface area contributed by atoms with Crippen LogP contribution < -0.4 is 0 Å². The monoisotopic (exact) mass is 292 g/mol. The first-order valence-electron chi connectivity index (χ1n) is 6.63. The average Bonchev–Trinajstić information content (AvgIpc) is 2.53. The summed E-state index contributed by atoms with van der Waals surface area (Å²) in [4.78, 5) is 9.49. The van der Waals surface area contributed by atoms with Crippen LogP contribution in [0.3, 0.4) is 0 Å². The van der Waals surface area contributed by atoms with Gasteiger partial charge >= 0.3 is 0 Å². The third-order valence-corrected chi connectivity index (χ3v) is 3.45. The molecule has 0 amide bonds.